The average molecular weight is 469 g/mol. The van der Waals surface area contributed by atoms with E-state index in [1.165, 1.54) is 6.07 Å². The van der Waals surface area contributed by atoms with Crippen molar-refractivity contribution in [1.29, 1.82) is 0 Å². The van der Waals surface area contributed by atoms with Gasteiger partial charge in [-0.3, -0.25) is 9.59 Å². The lowest BCUT2D eigenvalue weighted by Crippen LogP contribution is -2.28. The predicted molar refractivity (Wildman–Crippen MR) is 126 cm³/mol. The SMILES string of the molecule is CNc1cc(OCC(C)Nc2ncccc2C(=O)NCc2ccc(F)c(F)c2)ccc1NC=O. The van der Waals surface area contributed by atoms with Crippen LogP contribution in [0.3, 0.4) is 0 Å². The largest absolute Gasteiger partial charge is 0.491 e. The van der Waals surface area contributed by atoms with Gasteiger partial charge < -0.3 is 26.0 Å². The summed E-state index contributed by atoms with van der Waals surface area (Å²) >= 11 is 0. The van der Waals surface area contributed by atoms with Crippen LogP contribution in [0, 0.1) is 11.6 Å². The van der Waals surface area contributed by atoms with Crippen molar-refractivity contribution in [2.24, 2.45) is 0 Å². The smallest absolute Gasteiger partial charge is 0.255 e. The van der Waals surface area contributed by atoms with E-state index >= 15 is 0 Å². The van der Waals surface area contributed by atoms with Crippen LogP contribution in [0.2, 0.25) is 0 Å². The molecular weight excluding hydrogens is 444 g/mol. The third kappa shape index (κ3) is 6.41. The van der Waals surface area contributed by atoms with E-state index < -0.39 is 17.5 Å². The van der Waals surface area contributed by atoms with E-state index in [0.717, 1.165) is 12.1 Å². The molecule has 0 radical (unpaired) electrons. The van der Waals surface area contributed by atoms with Crippen molar-refractivity contribution in [2.45, 2.75) is 19.5 Å². The molecule has 1 atom stereocenters. The van der Waals surface area contributed by atoms with Gasteiger partial charge in [-0.25, -0.2) is 13.8 Å². The number of hydrogen-bond donors (Lipinski definition) is 4. The Labute approximate surface area is 195 Å². The van der Waals surface area contributed by atoms with E-state index in [9.17, 15) is 18.4 Å². The Bertz CT molecular complexity index is 1160. The van der Waals surface area contributed by atoms with Crippen molar-refractivity contribution in [3.63, 3.8) is 0 Å². The second-order valence-corrected chi connectivity index (χ2v) is 7.41. The Morgan fingerprint density at radius 2 is 1.94 bits per heavy atom. The van der Waals surface area contributed by atoms with Crippen LogP contribution in [0.15, 0.2) is 54.7 Å². The van der Waals surface area contributed by atoms with Gasteiger partial charge in [0.1, 0.15) is 18.2 Å². The number of nitrogens with zero attached hydrogens (tertiary/aromatic N) is 1. The summed E-state index contributed by atoms with van der Waals surface area (Å²) in [5.41, 5.74) is 2.07. The molecule has 1 unspecified atom stereocenters. The zero-order chi connectivity index (χ0) is 24.5. The molecule has 3 aromatic rings. The highest BCUT2D eigenvalue weighted by Crippen LogP contribution is 2.26. The van der Waals surface area contributed by atoms with E-state index in [0.29, 0.717) is 40.5 Å². The first-order valence-electron chi connectivity index (χ1n) is 10.5. The lowest BCUT2D eigenvalue weighted by molar-refractivity contribution is -0.105. The highest BCUT2D eigenvalue weighted by atomic mass is 19.2. The van der Waals surface area contributed by atoms with Crippen LogP contribution >= 0.6 is 0 Å². The second-order valence-electron chi connectivity index (χ2n) is 7.41. The van der Waals surface area contributed by atoms with Crippen LogP contribution < -0.4 is 26.0 Å². The summed E-state index contributed by atoms with van der Waals surface area (Å²) in [7, 11) is 1.74. The predicted octanol–water partition coefficient (Wildman–Crippen LogP) is 3.78. The molecule has 8 nitrogen and oxygen atoms in total. The molecule has 0 saturated carbocycles. The highest BCUT2D eigenvalue weighted by Gasteiger charge is 2.15. The third-order valence-corrected chi connectivity index (χ3v) is 4.85. The maximum absolute atomic E-state index is 13.4. The molecule has 0 spiro atoms. The fourth-order valence-corrected chi connectivity index (χ4v) is 3.14. The van der Waals surface area contributed by atoms with Crippen molar-refractivity contribution < 1.29 is 23.1 Å². The minimum Gasteiger partial charge on any atom is -0.491 e. The van der Waals surface area contributed by atoms with E-state index in [4.69, 9.17) is 4.74 Å². The molecule has 0 aliphatic carbocycles. The molecule has 3 rings (SSSR count). The first-order chi connectivity index (χ1) is 16.4. The minimum absolute atomic E-state index is 0.0335. The van der Waals surface area contributed by atoms with Crippen molar-refractivity contribution in [3.8, 4) is 5.75 Å². The third-order valence-electron chi connectivity index (χ3n) is 4.85. The number of nitrogens with one attached hydrogen (secondary N) is 4. The Morgan fingerprint density at radius 1 is 1.12 bits per heavy atom. The second kappa shape index (κ2) is 11.6. The van der Waals surface area contributed by atoms with Crippen molar-refractivity contribution >= 4 is 29.5 Å². The number of benzene rings is 2. The van der Waals surface area contributed by atoms with Crippen LogP contribution in [0.25, 0.3) is 0 Å². The molecule has 34 heavy (non-hydrogen) atoms. The summed E-state index contributed by atoms with van der Waals surface area (Å²) in [6.45, 7) is 2.18. The Morgan fingerprint density at radius 3 is 2.68 bits per heavy atom. The topological polar surface area (TPSA) is 104 Å². The van der Waals surface area contributed by atoms with Gasteiger partial charge in [0.2, 0.25) is 6.41 Å². The molecule has 1 aromatic heterocycles. The molecule has 0 aliphatic rings. The standard InChI is InChI=1S/C24H25F2N5O3/c1-15(13-34-17-6-8-21(30-14-32)22(11-17)27-2)31-23-18(4-3-9-28-23)24(33)29-12-16-5-7-19(25)20(26)10-16/h3-11,14-15,27H,12-13H2,1-2H3,(H,28,31)(H,29,33)(H,30,32). The van der Waals surface area contributed by atoms with Gasteiger partial charge in [0, 0.05) is 25.9 Å². The normalized spacial score (nSPS) is 11.3. The molecule has 178 valence electrons. The fraction of sp³-hybridized carbons (Fsp3) is 0.208. The summed E-state index contributed by atoms with van der Waals surface area (Å²) in [5, 5.41) is 11.4. The summed E-state index contributed by atoms with van der Waals surface area (Å²) in [5.74, 6) is -1.37. The molecule has 0 saturated heterocycles. The van der Waals surface area contributed by atoms with Crippen molar-refractivity contribution in [2.75, 3.05) is 29.6 Å². The Kier molecular flexibility index (Phi) is 8.33. The van der Waals surface area contributed by atoms with E-state index in [-0.39, 0.29) is 19.2 Å². The van der Waals surface area contributed by atoms with Crippen molar-refractivity contribution in [3.05, 3.63) is 77.5 Å². The number of ether oxygens (including phenoxy) is 1. The minimum atomic E-state index is -0.971. The number of halogens is 2. The molecule has 0 aliphatic heterocycles. The van der Waals surface area contributed by atoms with Crippen molar-refractivity contribution in [1.82, 2.24) is 10.3 Å². The zero-order valence-corrected chi connectivity index (χ0v) is 18.7. The highest BCUT2D eigenvalue weighted by molar-refractivity contribution is 5.98. The van der Waals surface area contributed by atoms with Gasteiger partial charge in [-0.15, -0.1) is 0 Å². The number of aromatic nitrogens is 1. The maximum atomic E-state index is 13.4. The molecule has 2 aromatic carbocycles. The fourth-order valence-electron chi connectivity index (χ4n) is 3.14. The lowest BCUT2D eigenvalue weighted by atomic mass is 10.2. The maximum Gasteiger partial charge on any atom is 0.255 e. The van der Waals surface area contributed by atoms with E-state index in [1.54, 1.807) is 43.6 Å². The molecule has 10 heteroatoms. The Balaban J connectivity index is 1.60. The van der Waals surface area contributed by atoms with Gasteiger partial charge in [-0.05, 0) is 48.9 Å². The lowest BCUT2D eigenvalue weighted by Gasteiger charge is -2.18. The van der Waals surface area contributed by atoms with Gasteiger partial charge in [-0.2, -0.15) is 0 Å². The van der Waals surface area contributed by atoms with E-state index in [2.05, 4.69) is 26.3 Å². The van der Waals surface area contributed by atoms with Gasteiger partial charge in [0.05, 0.1) is 23.0 Å². The number of carbonyl (C=O) groups is 2. The van der Waals surface area contributed by atoms with Gasteiger partial charge >= 0.3 is 0 Å². The molecule has 4 N–H and O–H groups in total. The number of rotatable bonds is 11. The zero-order valence-electron chi connectivity index (χ0n) is 18.7. The number of pyridine rings is 1. The van der Waals surface area contributed by atoms with Crippen LogP contribution in [0.4, 0.5) is 26.0 Å². The van der Waals surface area contributed by atoms with Crippen LogP contribution in [0.5, 0.6) is 5.75 Å². The quantitative estimate of drug-likeness (QED) is 0.319. The summed E-state index contributed by atoms with van der Waals surface area (Å²) in [4.78, 5) is 27.6. The molecule has 2 amide bonds. The van der Waals surface area contributed by atoms with Gasteiger partial charge in [-0.1, -0.05) is 6.07 Å². The molecule has 0 fully saturated rings. The summed E-state index contributed by atoms with van der Waals surface area (Å²) < 4.78 is 32.3. The average Bonchev–Trinajstić information content (AvgIpc) is 2.84. The monoisotopic (exact) mass is 469 g/mol. The number of anilines is 3. The van der Waals surface area contributed by atoms with E-state index in [1.807, 2.05) is 6.92 Å². The summed E-state index contributed by atoms with van der Waals surface area (Å²) in [6, 6.07) is 11.7. The Hall–Kier alpha value is -4.21. The van der Waals surface area contributed by atoms with Gasteiger partial charge in [0.25, 0.3) is 5.91 Å². The van der Waals surface area contributed by atoms with Crippen LogP contribution in [-0.2, 0) is 11.3 Å². The molecule has 1 heterocycles. The summed E-state index contributed by atoms with van der Waals surface area (Å²) in [6.07, 6.45) is 2.15. The van der Waals surface area contributed by atoms with Crippen LogP contribution in [0.1, 0.15) is 22.8 Å². The number of amides is 2. The first kappa shape index (κ1) is 24.4. The van der Waals surface area contributed by atoms with Crippen LogP contribution in [-0.4, -0.2) is 37.0 Å². The van der Waals surface area contributed by atoms with Gasteiger partial charge in [0.15, 0.2) is 11.6 Å². The molecular formula is C24H25F2N5O3. The first-order valence-corrected chi connectivity index (χ1v) is 10.5. The molecule has 0 bridgehead atoms. The number of carbonyl (C=O) groups excluding carboxylic acids is 2. The number of hydrogen-bond acceptors (Lipinski definition) is 6.